The van der Waals surface area contributed by atoms with Gasteiger partial charge < -0.3 is 0 Å². The minimum absolute atomic E-state index is 0.424. The molecule has 0 bridgehead atoms. The van der Waals surface area contributed by atoms with Crippen molar-refractivity contribution >= 4 is 9.84 Å². The zero-order valence-corrected chi connectivity index (χ0v) is 8.28. The van der Waals surface area contributed by atoms with E-state index in [0.717, 1.165) is 25.7 Å². The first kappa shape index (κ1) is 11.0. The Morgan fingerprint density at radius 2 is 1.18 bits per heavy atom. The average Bonchev–Trinajstić information content (AvgIpc) is 2.17. The molecule has 1 saturated heterocycles. The van der Waals surface area contributed by atoms with Crippen LogP contribution >= 0.6 is 0 Å². The Morgan fingerprint density at radius 1 is 0.818 bits per heavy atom. The maximum atomic E-state index is 10.9. The molecule has 0 aromatic carbocycles. The lowest BCUT2D eigenvalue weighted by Gasteiger charge is -1.93. The Labute approximate surface area is 69.9 Å². The fourth-order valence-electron chi connectivity index (χ4n) is 1.10. The molecule has 0 saturated carbocycles. The van der Waals surface area contributed by atoms with Crippen LogP contribution in [-0.2, 0) is 9.84 Å². The van der Waals surface area contributed by atoms with Gasteiger partial charge in [0, 0.05) is 0 Å². The summed E-state index contributed by atoms with van der Waals surface area (Å²) in [4.78, 5) is 0. The van der Waals surface area contributed by atoms with Gasteiger partial charge in [-0.25, -0.2) is 8.42 Å². The SMILES string of the molecule is CC.O=S1(=O)CCCCCC1. The van der Waals surface area contributed by atoms with Crippen LogP contribution in [0.15, 0.2) is 0 Å². The fourth-order valence-corrected chi connectivity index (χ4v) is 2.59. The molecule has 1 aliphatic heterocycles. The summed E-state index contributed by atoms with van der Waals surface area (Å²) in [6.45, 7) is 4.00. The lowest BCUT2D eigenvalue weighted by Crippen LogP contribution is -2.07. The lowest BCUT2D eigenvalue weighted by atomic mass is 10.2. The van der Waals surface area contributed by atoms with Crippen LogP contribution in [0.25, 0.3) is 0 Å². The fraction of sp³-hybridized carbons (Fsp3) is 1.00. The normalized spacial score (nSPS) is 22.7. The maximum absolute atomic E-state index is 10.9. The first-order valence-corrected chi connectivity index (χ1v) is 6.23. The summed E-state index contributed by atoms with van der Waals surface area (Å²) in [6, 6.07) is 0. The van der Waals surface area contributed by atoms with Gasteiger partial charge in [0.15, 0.2) is 0 Å². The highest BCUT2D eigenvalue weighted by Gasteiger charge is 2.12. The van der Waals surface area contributed by atoms with E-state index in [4.69, 9.17) is 0 Å². The van der Waals surface area contributed by atoms with Gasteiger partial charge in [0.1, 0.15) is 9.84 Å². The van der Waals surface area contributed by atoms with Gasteiger partial charge in [0.25, 0.3) is 0 Å². The topological polar surface area (TPSA) is 34.1 Å². The molecule has 2 nitrogen and oxygen atoms in total. The summed E-state index contributed by atoms with van der Waals surface area (Å²) in [5.41, 5.74) is 0. The molecule has 0 unspecified atom stereocenters. The molecule has 0 aromatic heterocycles. The van der Waals surface area contributed by atoms with Crippen molar-refractivity contribution in [1.82, 2.24) is 0 Å². The Bertz CT molecular complexity index is 157. The molecule has 11 heavy (non-hydrogen) atoms. The van der Waals surface area contributed by atoms with Crippen molar-refractivity contribution in [2.24, 2.45) is 0 Å². The van der Waals surface area contributed by atoms with Gasteiger partial charge in [0.2, 0.25) is 0 Å². The molecule has 0 aliphatic carbocycles. The largest absolute Gasteiger partial charge is 0.229 e. The Hall–Kier alpha value is -0.0500. The molecule has 0 radical (unpaired) electrons. The van der Waals surface area contributed by atoms with Crippen LogP contribution < -0.4 is 0 Å². The Morgan fingerprint density at radius 3 is 1.55 bits per heavy atom. The number of rotatable bonds is 0. The first-order valence-electron chi connectivity index (χ1n) is 4.41. The minimum Gasteiger partial charge on any atom is -0.229 e. The predicted octanol–water partition coefficient (Wildman–Crippen LogP) is 2.00. The van der Waals surface area contributed by atoms with Crippen LogP contribution in [0.3, 0.4) is 0 Å². The Kier molecular flexibility index (Phi) is 5.56. The molecular formula is C8H18O2S. The van der Waals surface area contributed by atoms with E-state index in [2.05, 4.69) is 0 Å². The molecule has 0 atom stereocenters. The van der Waals surface area contributed by atoms with Crippen molar-refractivity contribution in [1.29, 1.82) is 0 Å². The van der Waals surface area contributed by atoms with E-state index in [1.165, 1.54) is 0 Å². The van der Waals surface area contributed by atoms with Gasteiger partial charge in [-0.1, -0.05) is 26.7 Å². The summed E-state index contributed by atoms with van der Waals surface area (Å²) in [5, 5.41) is 0. The van der Waals surface area contributed by atoms with Crippen LogP contribution in [0.1, 0.15) is 39.5 Å². The van der Waals surface area contributed by atoms with E-state index in [1.54, 1.807) is 0 Å². The molecule has 1 fully saturated rings. The van der Waals surface area contributed by atoms with E-state index >= 15 is 0 Å². The molecule has 0 amide bonds. The average molecular weight is 178 g/mol. The molecule has 0 spiro atoms. The van der Waals surface area contributed by atoms with Crippen LogP contribution in [0.2, 0.25) is 0 Å². The van der Waals surface area contributed by atoms with Crippen LogP contribution in [-0.4, -0.2) is 19.9 Å². The summed E-state index contributed by atoms with van der Waals surface area (Å²) in [6.07, 6.45) is 3.95. The van der Waals surface area contributed by atoms with Gasteiger partial charge in [0.05, 0.1) is 11.5 Å². The Balaban J connectivity index is 0.000000461. The van der Waals surface area contributed by atoms with E-state index in [9.17, 15) is 8.42 Å². The van der Waals surface area contributed by atoms with Crippen molar-refractivity contribution in [2.75, 3.05) is 11.5 Å². The third-order valence-electron chi connectivity index (χ3n) is 1.66. The monoisotopic (exact) mass is 178 g/mol. The van der Waals surface area contributed by atoms with Crippen LogP contribution in [0, 0.1) is 0 Å². The van der Waals surface area contributed by atoms with Crippen molar-refractivity contribution < 1.29 is 8.42 Å². The summed E-state index contributed by atoms with van der Waals surface area (Å²) in [5.74, 6) is 0.847. The highest BCUT2D eigenvalue weighted by atomic mass is 32.2. The highest BCUT2D eigenvalue weighted by Crippen LogP contribution is 2.10. The zero-order chi connectivity index (χ0) is 8.74. The summed E-state index contributed by atoms with van der Waals surface area (Å²) >= 11 is 0. The van der Waals surface area contributed by atoms with Gasteiger partial charge in [-0.05, 0) is 12.8 Å². The highest BCUT2D eigenvalue weighted by molar-refractivity contribution is 7.91. The van der Waals surface area contributed by atoms with E-state index < -0.39 is 9.84 Å². The first-order chi connectivity index (χ1) is 5.21. The van der Waals surface area contributed by atoms with Crippen LogP contribution in [0.4, 0.5) is 0 Å². The molecule has 1 heterocycles. The van der Waals surface area contributed by atoms with Gasteiger partial charge >= 0.3 is 0 Å². The van der Waals surface area contributed by atoms with Crippen LogP contribution in [0.5, 0.6) is 0 Å². The van der Waals surface area contributed by atoms with Crippen molar-refractivity contribution in [2.45, 2.75) is 39.5 Å². The second kappa shape index (κ2) is 5.58. The maximum Gasteiger partial charge on any atom is 0.150 e. The number of hydrogen-bond acceptors (Lipinski definition) is 2. The molecule has 1 aliphatic rings. The third kappa shape index (κ3) is 5.24. The smallest absolute Gasteiger partial charge is 0.150 e. The van der Waals surface area contributed by atoms with Gasteiger partial charge in [-0.3, -0.25) is 0 Å². The predicted molar refractivity (Wildman–Crippen MR) is 48.5 cm³/mol. The molecule has 0 aromatic rings. The molecule has 68 valence electrons. The molecule has 0 N–H and O–H groups in total. The summed E-state index contributed by atoms with van der Waals surface area (Å²) < 4.78 is 21.7. The van der Waals surface area contributed by atoms with E-state index in [-0.39, 0.29) is 0 Å². The lowest BCUT2D eigenvalue weighted by molar-refractivity contribution is 0.595. The quantitative estimate of drug-likeness (QED) is 0.568. The molecule has 1 rings (SSSR count). The van der Waals surface area contributed by atoms with E-state index in [1.807, 2.05) is 13.8 Å². The third-order valence-corrected chi connectivity index (χ3v) is 3.48. The van der Waals surface area contributed by atoms with Crippen molar-refractivity contribution in [3.8, 4) is 0 Å². The van der Waals surface area contributed by atoms with Gasteiger partial charge in [-0.15, -0.1) is 0 Å². The van der Waals surface area contributed by atoms with E-state index in [0.29, 0.717) is 11.5 Å². The number of sulfone groups is 1. The zero-order valence-electron chi connectivity index (χ0n) is 7.47. The minimum atomic E-state index is -2.62. The van der Waals surface area contributed by atoms with Crippen molar-refractivity contribution in [3.63, 3.8) is 0 Å². The van der Waals surface area contributed by atoms with Gasteiger partial charge in [-0.2, -0.15) is 0 Å². The second-order valence-electron chi connectivity index (χ2n) is 2.57. The molecule has 3 heteroatoms. The second-order valence-corrected chi connectivity index (χ2v) is 4.87. The summed E-state index contributed by atoms with van der Waals surface area (Å²) in [7, 11) is -2.62. The van der Waals surface area contributed by atoms with Crippen molar-refractivity contribution in [3.05, 3.63) is 0 Å². The standard InChI is InChI=1S/C6H12O2S.C2H6/c7-9(8)5-3-1-2-4-6-9;1-2/h1-6H2;1-2H3. The number of hydrogen-bond donors (Lipinski definition) is 0. The molecular weight excluding hydrogens is 160 g/mol.